The molecule has 1 aliphatic rings. The van der Waals surface area contributed by atoms with Crippen molar-refractivity contribution < 1.29 is 0 Å². The molecule has 20 heavy (non-hydrogen) atoms. The highest BCUT2D eigenvalue weighted by molar-refractivity contribution is 5.55. The van der Waals surface area contributed by atoms with Gasteiger partial charge in [-0.05, 0) is 50.2 Å². The summed E-state index contributed by atoms with van der Waals surface area (Å²) in [5, 5.41) is 0. The summed E-state index contributed by atoms with van der Waals surface area (Å²) in [7, 11) is 0. The van der Waals surface area contributed by atoms with Crippen molar-refractivity contribution >= 4 is 5.69 Å². The van der Waals surface area contributed by atoms with Crippen LogP contribution < -0.4 is 10.6 Å². The van der Waals surface area contributed by atoms with E-state index in [1.807, 2.05) is 0 Å². The highest BCUT2D eigenvalue weighted by Crippen LogP contribution is 2.36. The second-order valence-corrected chi connectivity index (χ2v) is 6.96. The van der Waals surface area contributed by atoms with Crippen LogP contribution in [-0.2, 0) is 6.42 Å². The van der Waals surface area contributed by atoms with Gasteiger partial charge in [0.25, 0.3) is 0 Å². The fraction of sp³-hybridized carbons (Fsp3) is 0.667. The monoisotopic (exact) mass is 274 g/mol. The molecule has 2 nitrogen and oxygen atoms in total. The van der Waals surface area contributed by atoms with E-state index in [9.17, 15) is 0 Å². The average molecular weight is 274 g/mol. The fourth-order valence-corrected chi connectivity index (χ4v) is 3.17. The van der Waals surface area contributed by atoms with E-state index in [1.165, 1.54) is 49.2 Å². The summed E-state index contributed by atoms with van der Waals surface area (Å²) < 4.78 is 0. The Bertz CT molecular complexity index is 443. The highest BCUT2D eigenvalue weighted by Gasteiger charge is 2.29. The van der Waals surface area contributed by atoms with Gasteiger partial charge < -0.3 is 10.6 Å². The van der Waals surface area contributed by atoms with E-state index in [4.69, 9.17) is 5.73 Å². The standard InChI is InChI=1S/C18H30N2/c1-5-18(4)8-10-20(11-9-18)17-7-6-14(2)12-16(17)13-15(3)19/h6-7,12,15H,5,8-11,13,19H2,1-4H3. The zero-order chi connectivity index (χ0) is 14.8. The van der Waals surface area contributed by atoms with E-state index < -0.39 is 0 Å². The molecule has 1 fully saturated rings. The van der Waals surface area contributed by atoms with Gasteiger partial charge in [0, 0.05) is 24.8 Å². The lowest BCUT2D eigenvalue weighted by molar-refractivity contribution is 0.238. The van der Waals surface area contributed by atoms with Crippen molar-refractivity contribution in [2.45, 2.75) is 59.4 Å². The second kappa shape index (κ2) is 6.17. The van der Waals surface area contributed by atoms with E-state index in [0.29, 0.717) is 5.41 Å². The zero-order valence-electron chi connectivity index (χ0n) is 13.6. The maximum atomic E-state index is 6.02. The Balaban J connectivity index is 2.17. The number of aryl methyl sites for hydroxylation is 1. The van der Waals surface area contributed by atoms with Crippen molar-refractivity contribution in [3.05, 3.63) is 29.3 Å². The van der Waals surface area contributed by atoms with Crippen molar-refractivity contribution in [1.29, 1.82) is 0 Å². The molecule has 0 radical (unpaired) electrons. The predicted molar refractivity (Wildman–Crippen MR) is 88.4 cm³/mol. The molecule has 0 amide bonds. The van der Waals surface area contributed by atoms with E-state index in [-0.39, 0.29) is 6.04 Å². The lowest BCUT2D eigenvalue weighted by atomic mass is 9.78. The van der Waals surface area contributed by atoms with E-state index in [2.05, 4.69) is 50.8 Å². The number of hydrogen-bond acceptors (Lipinski definition) is 2. The van der Waals surface area contributed by atoms with Crippen LogP contribution in [0.4, 0.5) is 5.69 Å². The van der Waals surface area contributed by atoms with Crippen LogP contribution in [0.3, 0.4) is 0 Å². The minimum Gasteiger partial charge on any atom is -0.371 e. The number of hydrogen-bond donors (Lipinski definition) is 1. The van der Waals surface area contributed by atoms with Gasteiger partial charge >= 0.3 is 0 Å². The quantitative estimate of drug-likeness (QED) is 0.902. The lowest BCUT2D eigenvalue weighted by Crippen LogP contribution is -2.39. The number of piperidine rings is 1. The average Bonchev–Trinajstić information content (AvgIpc) is 2.40. The first-order valence-electron chi connectivity index (χ1n) is 8.03. The molecule has 1 aliphatic heterocycles. The summed E-state index contributed by atoms with van der Waals surface area (Å²) in [4.78, 5) is 2.56. The van der Waals surface area contributed by atoms with Gasteiger partial charge in [-0.2, -0.15) is 0 Å². The van der Waals surface area contributed by atoms with Gasteiger partial charge in [0.2, 0.25) is 0 Å². The maximum absolute atomic E-state index is 6.02. The molecular formula is C18H30N2. The first-order valence-corrected chi connectivity index (χ1v) is 8.03. The van der Waals surface area contributed by atoms with E-state index in [0.717, 1.165) is 6.42 Å². The van der Waals surface area contributed by atoms with Crippen molar-refractivity contribution in [2.75, 3.05) is 18.0 Å². The van der Waals surface area contributed by atoms with Crippen LogP contribution in [0, 0.1) is 12.3 Å². The van der Waals surface area contributed by atoms with Crippen LogP contribution in [-0.4, -0.2) is 19.1 Å². The van der Waals surface area contributed by atoms with Crippen molar-refractivity contribution in [1.82, 2.24) is 0 Å². The van der Waals surface area contributed by atoms with Crippen LogP contribution in [0.2, 0.25) is 0 Å². The van der Waals surface area contributed by atoms with Gasteiger partial charge in [-0.15, -0.1) is 0 Å². The van der Waals surface area contributed by atoms with Gasteiger partial charge in [0.05, 0.1) is 0 Å². The number of benzene rings is 1. The molecule has 2 N–H and O–H groups in total. The molecule has 1 unspecified atom stereocenters. The number of rotatable bonds is 4. The molecule has 0 aromatic heterocycles. The molecule has 1 atom stereocenters. The third-order valence-corrected chi connectivity index (χ3v) is 4.94. The molecule has 0 bridgehead atoms. The number of anilines is 1. The van der Waals surface area contributed by atoms with E-state index in [1.54, 1.807) is 0 Å². The molecule has 2 rings (SSSR count). The molecule has 0 spiro atoms. The minimum atomic E-state index is 0.223. The fourth-order valence-electron chi connectivity index (χ4n) is 3.17. The van der Waals surface area contributed by atoms with Gasteiger partial charge in [0.1, 0.15) is 0 Å². The van der Waals surface area contributed by atoms with Crippen LogP contribution >= 0.6 is 0 Å². The second-order valence-electron chi connectivity index (χ2n) is 6.96. The molecule has 1 aromatic rings. The summed E-state index contributed by atoms with van der Waals surface area (Å²) in [5.74, 6) is 0. The Morgan fingerprint density at radius 3 is 2.50 bits per heavy atom. The molecule has 0 saturated carbocycles. The third-order valence-electron chi connectivity index (χ3n) is 4.94. The summed E-state index contributed by atoms with van der Waals surface area (Å²) in [6.07, 6.45) is 4.87. The molecule has 0 aliphatic carbocycles. The normalized spacial score (nSPS) is 19.9. The highest BCUT2D eigenvalue weighted by atomic mass is 15.1. The summed E-state index contributed by atoms with van der Waals surface area (Å²) in [6, 6.07) is 7.06. The van der Waals surface area contributed by atoms with Crippen LogP contribution in [0.25, 0.3) is 0 Å². The SMILES string of the molecule is CCC1(C)CCN(c2ccc(C)cc2CC(C)N)CC1. The first-order chi connectivity index (χ1) is 9.43. The molecule has 1 heterocycles. The molecule has 2 heteroatoms. The molecular weight excluding hydrogens is 244 g/mol. The third kappa shape index (κ3) is 3.54. The Hall–Kier alpha value is -1.02. The Morgan fingerprint density at radius 2 is 1.95 bits per heavy atom. The van der Waals surface area contributed by atoms with Crippen molar-refractivity contribution in [3.8, 4) is 0 Å². The van der Waals surface area contributed by atoms with Gasteiger partial charge in [-0.3, -0.25) is 0 Å². The van der Waals surface area contributed by atoms with E-state index >= 15 is 0 Å². The Labute approximate surface area is 124 Å². The van der Waals surface area contributed by atoms with Crippen molar-refractivity contribution in [3.63, 3.8) is 0 Å². The molecule has 1 aromatic carbocycles. The Morgan fingerprint density at radius 1 is 1.30 bits per heavy atom. The van der Waals surface area contributed by atoms with Gasteiger partial charge in [-0.1, -0.05) is 38.0 Å². The van der Waals surface area contributed by atoms with Gasteiger partial charge in [0.15, 0.2) is 0 Å². The number of nitrogens with zero attached hydrogens (tertiary/aromatic N) is 1. The predicted octanol–water partition coefficient (Wildman–Crippen LogP) is 3.90. The topological polar surface area (TPSA) is 29.3 Å². The first kappa shape index (κ1) is 15.4. The summed E-state index contributed by atoms with van der Waals surface area (Å²) >= 11 is 0. The van der Waals surface area contributed by atoms with Crippen LogP contribution in [0.5, 0.6) is 0 Å². The van der Waals surface area contributed by atoms with Gasteiger partial charge in [-0.25, -0.2) is 0 Å². The largest absolute Gasteiger partial charge is 0.371 e. The maximum Gasteiger partial charge on any atom is 0.0399 e. The molecule has 112 valence electrons. The lowest BCUT2D eigenvalue weighted by Gasteiger charge is -2.41. The minimum absolute atomic E-state index is 0.223. The summed E-state index contributed by atoms with van der Waals surface area (Å²) in [6.45, 7) is 11.4. The Kier molecular flexibility index (Phi) is 4.74. The van der Waals surface area contributed by atoms with Crippen LogP contribution in [0.15, 0.2) is 18.2 Å². The zero-order valence-corrected chi connectivity index (χ0v) is 13.6. The van der Waals surface area contributed by atoms with Crippen molar-refractivity contribution in [2.24, 2.45) is 11.1 Å². The molecule has 1 saturated heterocycles. The van der Waals surface area contributed by atoms with Crippen LogP contribution in [0.1, 0.15) is 51.2 Å². The smallest absolute Gasteiger partial charge is 0.0399 e. The summed E-state index contributed by atoms with van der Waals surface area (Å²) in [5.41, 5.74) is 10.7. The number of nitrogens with two attached hydrogens (primary N) is 1.